The van der Waals surface area contributed by atoms with E-state index in [0.717, 1.165) is 5.01 Å². The Bertz CT molecular complexity index is 677. The number of hydrogen-bond donors (Lipinski definition) is 1. The van der Waals surface area contributed by atoms with E-state index in [2.05, 4.69) is 10.2 Å². The van der Waals surface area contributed by atoms with Crippen LogP contribution in [0.25, 0.3) is 0 Å². The van der Waals surface area contributed by atoms with Crippen molar-refractivity contribution in [1.82, 2.24) is 19.7 Å². The van der Waals surface area contributed by atoms with E-state index < -0.39 is 12.0 Å². The summed E-state index contributed by atoms with van der Waals surface area (Å²) in [7, 11) is 1.46. The Labute approximate surface area is 119 Å². The lowest BCUT2D eigenvalue weighted by molar-refractivity contribution is -0.102. The van der Waals surface area contributed by atoms with Gasteiger partial charge in [0.1, 0.15) is 11.4 Å². The molecule has 3 heterocycles. The number of carbonyl (C=O) groups is 3. The summed E-state index contributed by atoms with van der Waals surface area (Å²) in [4.78, 5) is 35.7. The fourth-order valence-electron chi connectivity index (χ4n) is 2.58. The van der Waals surface area contributed by atoms with Crippen molar-refractivity contribution in [3.05, 3.63) is 17.0 Å². The third-order valence-corrected chi connectivity index (χ3v) is 3.59. The third kappa shape index (κ3) is 2.06. The molecule has 110 valence electrons. The van der Waals surface area contributed by atoms with Crippen LogP contribution in [0.15, 0.2) is 5.10 Å². The molecule has 2 aliphatic rings. The number of aromatic nitrogens is 2. The van der Waals surface area contributed by atoms with Crippen molar-refractivity contribution in [2.45, 2.75) is 19.5 Å². The number of aldehydes is 1. The standard InChI is InChI=1S/C12H13N5O4/c1-15-11(19)10-8-5-16(12(20)21)3-2-9(8)14-17(10)4-7(6-18)13-15/h6H,2-5H2,1H3,(H,20,21). The van der Waals surface area contributed by atoms with Gasteiger partial charge in [-0.1, -0.05) is 0 Å². The zero-order valence-corrected chi connectivity index (χ0v) is 11.3. The molecule has 0 spiro atoms. The Balaban J connectivity index is 2.08. The number of amides is 2. The second-order valence-corrected chi connectivity index (χ2v) is 4.92. The summed E-state index contributed by atoms with van der Waals surface area (Å²) in [6.07, 6.45) is 0.00909. The van der Waals surface area contributed by atoms with Crippen LogP contribution in [0, 0.1) is 0 Å². The molecule has 0 aromatic carbocycles. The average molecular weight is 291 g/mol. The molecule has 21 heavy (non-hydrogen) atoms. The first kappa shape index (κ1) is 13.3. The number of rotatable bonds is 1. The van der Waals surface area contributed by atoms with Gasteiger partial charge >= 0.3 is 6.09 Å². The molecule has 0 radical (unpaired) electrons. The molecular formula is C12H13N5O4. The van der Waals surface area contributed by atoms with Crippen LogP contribution in [0.5, 0.6) is 0 Å². The number of fused-ring (bicyclic) bond motifs is 3. The molecule has 2 amide bonds. The van der Waals surface area contributed by atoms with Crippen molar-refractivity contribution in [1.29, 1.82) is 0 Å². The smallest absolute Gasteiger partial charge is 0.407 e. The maximum absolute atomic E-state index is 12.4. The molecule has 9 nitrogen and oxygen atoms in total. The third-order valence-electron chi connectivity index (χ3n) is 3.59. The normalized spacial score (nSPS) is 17.8. The number of carbonyl (C=O) groups excluding carboxylic acids is 2. The van der Waals surface area contributed by atoms with Crippen molar-refractivity contribution < 1.29 is 19.5 Å². The van der Waals surface area contributed by atoms with Crippen molar-refractivity contribution in [2.24, 2.45) is 5.10 Å². The second kappa shape index (κ2) is 4.69. The van der Waals surface area contributed by atoms with E-state index in [1.165, 1.54) is 16.6 Å². The van der Waals surface area contributed by atoms with Crippen LogP contribution in [-0.2, 0) is 24.3 Å². The molecule has 0 saturated heterocycles. The number of hydrazone groups is 1. The van der Waals surface area contributed by atoms with Gasteiger partial charge in [0.2, 0.25) is 0 Å². The van der Waals surface area contributed by atoms with Crippen molar-refractivity contribution in [3.8, 4) is 0 Å². The van der Waals surface area contributed by atoms with Crippen LogP contribution in [0.3, 0.4) is 0 Å². The van der Waals surface area contributed by atoms with Gasteiger partial charge in [-0.3, -0.25) is 14.3 Å². The summed E-state index contributed by atoms with van der Waals surface area (Å²) in [6.45, 7) is 0.572. The summed E-state index contributed by atoms with van der Waals surface area (Å²) in [5.74, 6) is -0.396. The second-order valence-electron chi connectivity index (χ2n) is 4.92. The molecule has 1 aromatic rings. The van der Waals surface area contributed by atoms with E-state index in [1.54, 1.807) is 0 Å². The Morgan fingerprint density at radius 3 is 2.81 bits per heavy atom. The molecule has 9 heteroatoms. The number of hydrogen-bond acceptors (Lipinski definition) is 5. The highest BCUT2D eigenvalue weighted by atomic mass is 16.4. The Morgan fingerprint density at radius 2 is 2.14 bits per heavy atom. The number of nitrogens with zero attached hydrogens (tertiary/aromatic N) is 5. The van der Waals surface area contributed by atoms with E-state index in [9.17, 15) is 14.4 Å². The van der Waals surface area contributed by atoms with Crippen LogP contribution in [0.2, 0.25) is 0 Å². The first-order chi connectivity index (χ1) is 10.0. The lowest BCUT2D eigenvalue weighted by Crippen LogP contribution is -2.35. The van der Waals surface area contributed by atoms with Crippen LogP contribution >= 0.6 is 0 Å². The molecule has 0 atom stereocenters. The zero-order valence-electron chi connectivity index (χ0n) is 11.3. The van der Waals surface area contributed by atoms with Gasteiger partial charge in [0.25, 0.3) is 5.91 Å². The molecule has 0 unspecified atom stereocenters. The first-order valence-electron chi connectivity index (χ1n) is 6.38. The summed E-state index contributed by atoms with van der Waals surface area (Å²) in [6, 6.07) is 0. The van der Waals surface area contributed by atoms with Gasteiger partial charge < -0.3 is 10.0 Å². The van der Waals surface area contributed by atoms with Gasteiger partial charge in [0.15, 0.2) is 6.29 Å². The van der Waals surface area contributed by atoms with Crippen molar-refractivity contribution in [2.75, 3.05) is 13.6 Å². The summed E-state index contributed by atoms with van der Waals surface area (Å²) in [5, 5.41) is 18.4. The van der Waals surface area contributed by atoms with E-state index in [0.29, 0.717) is 36.2 Å². The highest BCUT2D eigenvalue weighted by molar-refractivity contribution is 6.28. The van der Waals surface area contributed by atoms with E-state index in [-0.39, 0.29) is 18.8 Å². The fraction of sp³-hybridized carbons (Fsp3) is 0.417. The first-order valence-corrected chi connectivity index (χ1v) is 6.38. The molecule has 1 N–H and O–H groups in total. The van der Waals surface area contributed by atoms with Gasteiger partial charge in [-0.15, -0.1) is 0 Å². The van der Waals surface area contributed by atoms with E-state index in [1.807, 2.05) is 0 Å². The average Bonchev–Trinajstić information content (AvgIpc) is 2.76. The van der Waals surface area contributed by atoms with Gasteiger partial charge in [-0.2, -0.15) is 10.2 Å². The fourth-order valence-corrected chi connectivity index (χ4v) is 2.58. The lowest BCUT2D eigenvalue weighted by atomic mass is 10.1. The molecule has 0 aliphatic carbocycles. The topological polar surface area (TPSA) is 108 Å². The lowest BCUT2D eigenvalue weighted by Gasteiger charge is -2.24. The van der Waals surface area contributed by atoms with Crippen LogP contribution < -0.4 is 0 Å². The molecule has 0 saturated carbocycles. The van der Waals surface area contributed by atoms with Gasteiger partial charge in [0, 0.05) is 25.6 Å². The molecule has 0 bridgehead atoms. The molecule has 0 fully saturated rings. The Morgan fingerprint density at radius 1 is 1.38 bits per heavy atom. The van der Waals surface area contributed by atoms with Gasteiger partial charge in [-0.05, 0) is 0 Å². The maximum Gasteiger partial charge on any atom is 0.407 e. The minimum absolute atomic E-state index is 0.106. The molecule has 3 rings (SSSR count). The van der Waals surface area contributed by atoms with Crippen LogP contribution in [0.1, 0.15) is 21.7 Å². The molecular weight excluding hydrogens is 278 g/mol. The zero-order chi connectivity index (χ0) is 15.1. The van der Waals surface area contributed by atoms with Crippen LogP contribution in [-0.4, -0.2) is 62.4 Å². The molecule has 1 aromatic heterocycles. The highest BCUT2D eigenvalue weighted by Crippen LogP contribution is 2.24. The Kier molecular flexibility index (Phi) is 2.96. The summed E-state index contributed by atoms with van der Waals surface area (Å²) < 4.78 is 1.44. The quantitative estimate of drug-likeness (QED) is 0.706. The van der Waals surface area contributed by atoms with Crippen LogP contribution in [0.4, 0.5) is 4.79 Å². The van der Waals surface area contributed by atoms with Gasteiger partial charge in [-0.25, -0.2) is 9.80 Å². The largest absolute Gasteiger partial charge is 0.465 e. The predicted molar refractivity (Wildman–Crippen MR) is 70.0 cm³/mol. The minimum atomic E-state index is -1.03. The summed E-state index contributed by atoms with van der Waals surface area (Å²) in [5.41, 5.74) is 1.80. The van der Waals surface area contributed by atoms with E-state index >= 15 is 0 Å². The monoisotopic (exact) mass is 291 g/mol. The molecule has 2 aliphatic heterocycles. The Hall–Kier alpha value is -2.71. The predicted octanol–water partition coefficient (Wildman–Crippen LogP) is -0.440. The summed E-state index contributed by atoms with van der Waals surface area (Å²) >= 11 is 0. The maximum atomic E-state index is 12.4. The van der Waals surface area contributed by atoms with Crippen molar-refractivity contribution >= 4 is 24.0 Å². The van der Waals surface area contributed by atoms with E-state index in [4.69, 9.17) is 5.11 Å². The van der Waals surface area contributed by atoms with Crippen molar-refractivity contribution in [3.63, 3.8) is 0 Å². The minimum Gasteiger partial charge on any atom is -0.465 e. The highest BCUT2D eigenvalue weighted by Gasteiger charge is 2.33. The number of carboxylic acid groups (broad SMARTS) is 1. The van der Waals surface area contributed by atoms with Gasteiger partial charge in [0.05, 0.1) is 18.8 Å². The SMILES string of the molecule is CN1N=C(C=O)Cn2nc3c(c2C1=O)CN(C(=O)O)CC3.